The summed E-state index contributed by atoms with van der Waals surface area (Å²) in [6.45, 7) is 8.28. The summed E-state index contributed by atoms with van der Waals surface area (Å²) >= 11 is 0. The first-order valence-electron chi connectivity index (χ1n) is 9.48. The van der Waals surface area contributed by atoms with Gasteiger partial charge in [0.05, 0.1) is 29.8 Å². The van der Waals surface area contributed by atoms with E-state index in [0.29, 0.717) is 5.69 Å². The van der Waals surface area contributed by atoms with Gasteiger partial charge in [-0.1, -0.05) is 19.6 Å². The molecule has 1 aromatic heterocycles. The Hall–Kier alpha value is -2.51. The van der Waals surface area contributed by atoms with Gasteiger partial charge in [0.15, 0.2) is 5.78 Å². The number of hydrogen-bond acceptors (Lipinski definition) is 3. The molecule has 1 amide bonds. The van der Waals surface area contributed by atoms with Crippen molar-refractivity contribution in [3.63, 3.8) is 0 Å². The number of hydrogen-bond donors (Lipinski definition) is 0. The Labute approximate surface area is 187 Å². The smallest absolute Gasteiger partial charge is 0.305 e. The van der Waals surface area contributed by atoms with Crippen LogP contribution in [-0.2, 0) is 6.18 Å². The first-order valence-corrected chi connectivity index (χ1v) is 13.0. The molecule has 5 nitrogen and oxygen atoms in total. The molecule has 1 aromatic carbocycles. The number of fused-ring (bicyclic) bond motifs is 1. The van der Waals surface area contributed by atoms with Gasteiger partial charge in [0.2, 0.25) is 0 Å². The van der Waals surface area contributed by atoms with Gasteiger partial charge in [0, 0.05) is 12.2 Å². The van der Waals surface area contributed by atoms with Crippen molar-refractivity contribution in [3.05, 3.63) is 47.3 Å². The number of benzene rings is 1. The highest BCUT2D eigenvalue weighted by atomic mass is 32.1. The summed E-state index contributed by atoms with van der Waals surface area (Å²) in [5.74, 6) is 2.14. The van der Waals surface area contributed by atoms with Crippen LogP contribution in [0.25, 0.3) is 0 Å². The topological polar surface area (TPSA) is 55.2 Å². The molecule has 0 aliphatic carbocycles. The maximum absolute atomic E-state index is 13.1. The highest BCUT2D eigenvalue weighted by molar-refractivity contribution is 7.59. The van der Waals surface area contributed by atoms with Gasteiger partial charge in [-0.15, -0.1) is 11.5 Å². The minimum absolute atomic E-state index is 0. The lowest BCUT2D eigenvalue weighted by atomic mass is 10.1. The lowest BCUT2D eigenvalue weighted by Gasteiger charge is -2.32. The quantitative estimate of drug-likeness (QED) is 0.374. The average molecular weight is 468 g/mol. The number of amides is 1. The van der Waals surface area contributed by atoms with Crippen LogP contribution in [0.15, 0.2) is 30.5 Å². The Morgan fingerprint density at radius 2 is 1.84 bits per heavy atom. The van der Waals surface area contributed by atoms with E-state index in [1.54, 1.807) is 0 Å². The van der Waals surface area contributed by atoms with Gasteiger partial charge in [-0.3, -0.25) is 14.3 Å². The van der Waals surface area contributed by atoms with E-state index in [-0.39, 0.29) is 49.5 Å². The van der Waals surface area contributed by atoms with Crippen LogP contribution >= 0.6 is 13.5 Å². The van der Waals surface area contributed by atoms with Crippen molar-refractivity contribution in [3.8, 4) is 11.5 Å². The van der Waals surface area contributed by atoms with E-state index >= 15 is 0 Å². The van der Waals surface area contributed by atoms with Gasteiger partial charge < -0.3 is 4.90 Å². The summed E-state index contributed by atoms with van der Waals surface area (Å²) in [6, 6.07) is 4.17. The summed E-state index contributed by atoms with van der Waals surface area (Å²) in [5.41, 5.74) is 3.01. The van der Waals surface area contributed by atoms with E-state index in [1.165, 1.54) is 27.9 Å². The zero-order valence-corrected chi connectivity index (χ0v) is 19.7. The molecule has 1 aliphatic rings. The molecule has 2 aromatic rings. The van der Waals surface area contributed by atoms with Crippen LogP contribution in [0.5, 0.6) is 0 Å². The Bertz CT molecular complexity index is 1050. The van der Waals surface area contributed by atoms with Crippen molar-refractivity contribution in [2.24, 2.45) is 0 Å². The fraction of sp³-hybridized carbons (Fsp3) is 0.381. The Kier molecular flexibility index (Phi) is 7.13. The monoisotopic (exact) mass is 467 g/mol. The molecule has 0 fully saturated rings. The summed E-state index contributed by atoms with van der Waals surface area (Å²) < 4.78 is 40.0. The predicted molar refractivity (Wildman–Crippen MR) is 121 cm³/mol. The second kappa shape index (κ2) is 8.92. The summed E-state index contributed by atoms with van der Waals surface area (Å²) in [7, 11) is -1.62. The van der Waals surface area contributed by atoms with Crippen LogP contribution < -0.4 is 4.90 Å². The number of carbonyl (C=O) groups is 2. The summed E-state index contributed by atoms with van der Waals surface area (Å²) in [4.78, 5) is 27.2. The molecular weight excluding hydrogens is 443 g/mol. The molecule has 2 heterocycles. The summed E-state index contributed by atoms with van der Waals surface area (Å²) in [5, 5.41) is 4.20. The van der Waals surface area contributed by atoms with Crippen molar-refractivity contribution in [2.45, 2.75) is 45.2 Å². The number of ketones is 1. The maximum Gasteiger partial charge on any atom is 0.416 e. The minimum atomic E-state index is -4.45. The van der Waals surface area contributed by atoms with Crippen LogP contribution in [0, 0.1) is 11.5 Å². The minimum Gasteiger partial charge on any atom is -0.305 e. The first kappa shape index (κ1) is 24.8. The van der Waals surface area contributed by atoms with E-state index < -0.39 is 25.7 Å². The lowest BCUT2D eigenvalue weighted by molar-refractivity contribution is -0.137. The van der Waals surface area contributed by atoms with E-state index in [4.69, 9.17) is 0 Å². The molecule has 31 heavy (non-hydrogen) atoms. The zero-order valence-electron chi connectivity index (χ0n) is 17.7. The van der Waals surface area contributed by atoms with Gasteiger partial charge in [-0.05, 0) is 31.2 Å². The highest BCUT2D eigenvalue weighted by Crippen LogP contribution is 2.33. The van der Waals surface area contributed by atoms with Crippen LogP contribution in [0.3, 0.4) is 0 Å². The molecule has 10 heteroatoms. The van der Waals surface area contributed by atoms with Crippen LogP contribution in [0.2, 0.25) is 19.6 Å². The van der Waals surface area contributed by atoms with Crippen molar-refractivity contribution in [2.75, 3.05) is 11.4 Å². The van der Waals surface area contributed by atoms with Crippen molar-refractivity contribution >= 4 is 38.9 Å². The number of anilines is 1. The van der Waals surface area contributed by atoms with Gasteiger partial charge in [0.1, 0.15) is 13.8 Å². The molecule has 0 radical (unpaired) electrons. The number of Topliss-reactive ketones (excluding diaryl/α,β-unsaturated/α-hetero) is 1. The Balaban J connectivity index is 0.00000341. The van der Waals surface area contributed by atoms with Crippen LogP contribution in [-0.4, -0.2) is 36.1 Å². The van der Waals surface area contributed by atoms with Crippen molar-refractivity contribution < 1.29 is 22.8 Å². The standard InChI is InChI=1S/C21H22F3N3O2Si.H2S/c1-14-13-26(16-9-7-15(8-10-16)21(22,23)24)20(29)19-17(12-25-27(14)19)18(28)6-5-11-30(2,3)4;/h7-10,12,14H,6,13H2,1-4H3;1H2/t14-;/m0./s1. The van der Waals surface area contributed by atoms with E-state index in [1.807, 2.05) is 6.92 Å². The molecule has 0 saturated heterocycles. The molecule has 0 N–H and O–H groups in total. The Morgan fingerprint density at radius 3 is 2.39 bits per heavy atom. The van der Waals surface area contributed by atoms with Crippen LogP contribution in [0.4, 0.5) is 18.9 Å². The van der Waals surface area contributed by atoms with Gasteiger partial charge in [0.25, 0.3) is 5.91 Å². The highest BCUT2D eigenvalue weighted by Gasteiger charge is 2.36. The number of halogens is 3. The number of aromatic nitrogens is 2. The largest absolute Gasteiger partial charge is 0.416 e. The molecule has 0 saturated carbocycles. The van der Waals surface area contributed by atoms with Gasteiger partial charge in [-0.25, -0.2) is 0 Å². The lowest BCUT2D eigenvalue weighted by Crippen LogP contribution is -2.43. The third kappa shape index (κ3) is 5.40. The molecule has 1 atom stereocenters. The van der Waals surface area contributed by atoms with Gasteiger partial charge in [-0.2, -0.15) is 31.8 Å². The molecule has 0 unspecified atom stereocenters. The molecular formula is C21H24F3N3O2SSi. The fourth-order valence-electron chi connectivity index (χ4n) is 3.20. The average Bonchev–Trinajstić information content (AvgIpc) is 3.09. The number of nitrogens with zero attached hydrogens (tertiary/aromatic N) is 3. The zero-order chi connectivity index (χ0) is 22.3. The molecule has 166 valence electrons. The fourth-order valence-corrected chi connectivity index (χ4v) is 3.82. The molecule has 1 aliphatic heterocycles. The number of alkyl halides is 3. The van der Waals surface area contributed by atoms with E-state index in [2.05, 4.69) is 36.2 Å². The van der Waals surface area contributed by atoms with Crippen molar-refractivity contribution in [1.82, 2.24) is 9.78 Å². The second-order valence-corrected chi connectivity index (χ2v) is 13.1. The van der Waals surface area contributed by atoms with E-state index in [9.17, 15) is 22.8 Å². The maximum atomic E-state index is 13.1. The third-order valence-electron chi connectivity index (χ3n) is 4.63. The third-order valence-corrected chi connectivity index (χ3v) is 5.55. The second-order valence-electron chi connectivity index (χ2n) is 8.31. The normalized spacial score (nSPS) is 16.2. The number of carbonyl (C=O) groups excluding carboxylic acids is 2. The van der Waals surface area contributed by atoms with E-state index in [0.717, 1.165) is 12.1 Å². The molecule has 0 spiro atoms. The van der Waals surface area contributed by atoms with Crippen molar-refractivity contribution in [1.29, 1.82) is 0 Å². The predicted octanol–water partition coefficient (Wildman–Crippen LogP) is 4.69. The molecule has 0 bridgehead atoms. The van der Waals surface area contributed by atoms with Gasteiger partial charge >= 0.3 is 6.18 Å². The van der Waals surface area contributed by atoms with Crippen LogP contribution in [0.1, 0.15) is 45.8 Å². The first-order chi connectivity index (χ1) is 13.9. The Morgan fingerprint density at radius 1 is 1.23 bits per heavy atom. The summed E-state index contributed by atoms with van der Waals surface area (Å²) in [6.07, 6.45) is -3.09. The SMILES string of the molecule is C[C@H]1CN(c2ccc(C(F)(F)F)cc2)C(=O)c2c(C(=O)CC#C[Si](C)(C)C)cnn21.S. The number of rotatable bonds is 3. The molecule has 3 rings (SSSR count).